The Hall–Kier alpha value is -0.860. The highest BCUT2D eigenvalue weighted by Crippen LogP contribution is 2.08. The van der Waals surface area contributed by atoms with E-state index in [0.29, 0.717) is 0 Å². The van der Waals surface area contributed by atoms with Gasteiger partial charge in [0.25, 0.3) is 0 Å². The van der Waals surface area contributed by atoms with Gasteiger partial charge in [-0.1, -0.05) is 36.2 Å². The summed E-state index contributed by atoms with van der Waals surface area (Å²) in [7, 11) is 2.25. The van der Waals surface area contributed by atoms with Crippen LogP contribution in [-0.2, 0) is 6.42 Å². The molecule has 1 aromatic rings. The summed E-state index contributed by atoms with van der Waals surface area (Å²) >= 11 is 0. The molecule has 0 amide bonds. The van der Waals surface area contributed by atoms with Crippen molar-refractivity contribution in [3.05, 3.63) is 35.4 Å². The van der Waals surface area contributed by atoms with E-state index in [1.807, 2.05) is 0 Å². The van der Waals surface area contributed by atoms with Crippen LogP contribution in [0.4, 0.5) is 0 Å². The fraction of sp³-hybridized carbons (Fsp3) is 0.647. The minimum Gasteiger partial charge on any atom is -0.305 e. The monoisotopic (exact) mass is 260 g/mol. The average Bonchev–Trinajstić information content (AvgIpc) is 2.45. The first-order chi connectivity index (χ1) is 9.24. The van der Waals surface area contributed by atoms with Crippen molar-refractivity contribution in [2.75, 3.05) is 39.8 Å². The van der Waals surface area contributed by atoms with Crippen LogP contribution in [0, 0.1) is 6.92 Å². The van der Waals surface area contributed by atoms with Gasteiger partial charge in [0, 0.05) is 19.6 Å². The van der Waals surface area contributed by atoms with Gasteiger partial charge >= 0.3 is 0 Å². The molecule has 1 aliphatic rings. The molecule has 0 spiro atoms. The molecule has 0 radical (unpaired) electrons. The quantitative estimate of drug-likeness (QED) is 0.776. The Morgan fingerprint density at radius 1 is 1.00 bits per heavy atom. The molecule has 2 rings (SSSR count). The molecule has 1 heterocycles. The molecule has 0 N–H and O–H groups in total. The average molecular weight is 260 g/mol. The predicted molar refractivity (Wildman–Crippen MR) is 82.7 cm³/mol. The van der Waals surface area contributed by atoms with Gasteiger partial charge in [0.1, 0.15) is 0 Å². The first-order valence-corrected chi connectivity index (χ1v) is 7.70. The minimum atomic E-state index is 1.16. The van der Waals surface area contributed by atoms with Crippen molar-refractivity contribution in [3.8, 4) is 0 Å². The van der Waals surface area contributed by atoms with Crippen molar-refractivity contribution in [3.63, 3.8) is 0 Å². The summed E-state index contributed by atoms with van der Waals surface area (Å²) < 4.78 is 0. The zero-order valence-electron chi connectivity index (χ0n) is 12.6. The molecule has 106 valence electrons. The fourth-order valence-electron chi connectivity index (χ4n) is 2.68. The minimum absolute atomic E-state index is 1.16. The zero-order valence-corrected chi connectivity index (χ0v) is 12.6. The molecule has 19 heavy (non-hydrogen) atoms. The van der Waals surface area contributed by atoms with Crippen LogP contribution in [-0.4, -0.2) is 49.6 Å². The Morgan fingerprint density at radius 3 is 2.37 bits per heavy atom. The maximum Gasteiger partial charge on any atom is 0.0109 e. The number of aryl methyl sites for hydroxylation is 1. The van der Waals surface area contributed by atoms with Gasteiger partial charge in [-0.15, -0.1) is 0 Å². The molecule has 1 saturated heterocycles. The molecule has 2 nitrogen and oxygen atoms in total. The third-order valence-corrected chi connectivity index (χ3v) is 4.15. The Morgan fingerprint density at radius 2 is 1.68 bits per heavy atom. The second kappa shape index (κ2) is 7.66. The molecule has 0 unspecified atom stereocenters. The van der Waals surface area contributed by atoms with E-state index >= 15 is 0 Å². The van der Waals surface area contributed by atoms with Crippen LogP contribution in [0.3, 0.4) is 0 Å². The maximum absolute atomic E-state index is 2.62. The third-order valence-electron chi connectivity index (χ3n) is 4.15. The predicted octanol–water partition coefficient (Wildman–Crippen LogP) is 2.96. The molecular weight excluding hydrogens is 232 g/mol. The standard InChI is InChI=1S/C17H28N2/c1-16-6-8-17(9-7-16)10-13-18(2)14-15-19-11-4-3-5-12-19/h6-9H,3-5,10-15H2,1-2H3. The molecule has 0 atom stereocenters. The van der Waals surface area contributed by atoms with E-state index < -0.39 is 0 Å². The highest BCUT2D eigenvalue weighted by Gasteiger charge is 2.10. The summed E-state index contributed by atoms with van der Waals surface area (Å²) in [5.41, 5.74) is 2.80. The van der Waals surface area contributed by atoms with Crippen LogP contribution < -0.4 is 0 Å². The van der Waals surface area contributed by atoms with E-state index in [1.54, 1.807) is 0 Å². The summed E-state index contributed by atoms with van der Waals surface area (Å²) in [5.74, 6) is 0. The van der Waals surface area contributed by atoms with Crippen LogP contribution in [0.5, 0.6) is 0 Å². The molecule has 0 saturated carbocycles. The van der Waals surface area contributed by atoms with Gasteiger partial charge in [-0.2, -0.15) is 0 Å². The number of hydrogen-bond donors (Lipinski definition) is 0. The fourth-order valence-corrected chi connectivity index (χ4v) is 2.68. The lowest BCUT2D eigenvalue weighted by Crippen LogP contribution is -2.37. The largest absolute Gasteiger partial charge is 0.305 e. The van der Waals surface area contributed by atoms with E-state index in [4.69, 9.17) is 0 Å². The molecule has 0 bridgehead atoms. The smallest absolute Gasteiger partial charge is 0.0109 e. The number of piperidine rings is 1. The van der Waals surface area contributed by atoms with Gasteiger partial charge in [-0.3, -0.25) is 0 Å². The second-order valence-corrected chi connectivity index (χ2v) is 5.94. The van der Waals surface area contributed by atoms with Crippen molar-refractivity contribution >= 4 is 0 Å². The van der Waals surface area contributed by atoms with Gasteiger partial charge in [-0.25, -0.2) is 0 Å². The number of nitrogens with zero attached hydrogens (tertiary/aromatic N) is 2. The van der Waals surface area contributed by atoms with Gasteiger partial charge in [0.05, 0.1) is 0 Å². The lowest BCUT2D eigenvalue weighted by Gasteiger charge is -2.28. The van der Waals surface area contributed by atoms with Crippen LogP contribution in [0.2, 0.25) is 0 Å². The van der Waals surface area contributed by atoms with Crippen molar-refractivity contribution in [2.24, 2.45) is 0 Å². The summed E-state index contributed by atoms with van der Waals surface area (Å²) in [6.45, 7) is 8.37. The summed E-state index contributed by atoms with van der Waals surface area (Å²) in [5, 5.41) is 0. The van der Waals surface area contributed by atoms with Crippen molar-refractivity contribution in [2.45, 2.75) is 32.6 Å². The lowest BCUT2D eigenvalue weighted by atomic mass is 10.1. The highest BCUT2D eigenvalue weighted by atomic mass is 15.2. The first kappa shape index (κ1) is 14.5. The molecular formula is C17H28N2. The molecule has 2 heteroatoms. The number of rotatable bonds is 6. The van der Waals surface area contributed by atoms with Crippen molar-refractivity contribution in [1.29, 1.82) is 0 Å². The van der Waals surface area contributed by atoms with E-state index in [-0.39, 0.29) is 0 Å². The topological polar surface area (TPSA) is 6.48 Å². The normalized spacial score (nSPS) is 17.0. The Labute approximate surface area is 118 Å². The summed E-state index contributed by atoms with van der Waals surface area (Å²) in [6, 6.07) is 8.94. The van der Waals surface area contributed by atoms with Gasteiger partial charge in [-0.05, 0) is 51.9 Å². The zero-order chi connectivity index (χ0) is 13.5. The number of likely N-dealkylation sites (N-methyl/N-ethyl adjacent to an activating group) is 1. The number of hydrogen-bond acceptors (Lipinski definition) is 2. The Bertz CT molecular complexity index is 352. The van der Waals surface area contributed by atoms with Crippen LogP contribution in [0.1, 0.15) is 30.4 Å². The lowest BCUT2D eigenvalue weighted by molar-refractivity contribution is 0.197. The molecule has 1 aliphatic heterocycles. The summed E-state index contributed by atoms with van der Waals surface area (Å²) in [6.07, 6.45) is 5.39. The Kier molecular flexibility index (Phi) is 5.87. The molecule has 0 aromatic heterocycles. The second-order valence-electron chi connectivity index (χ2n) is 5.94. The van der Waals surface area contributed by atoms with Gasteiger partial charge in [0.15, 0.2) is 0 Å². The number of benzene rings is 1. The first-order valence-electron chi connectivity index (χ1n) is 7.70. The van der Waals surface area contributed by atoms with E-state index in [9.17, 15) is 0 Å². The van der Waals surface area contributed by atoms with E-state index in [0.717, 1.165) is 13.0 Å². The summed E-state index contributed by atoms with van der Waals surface area (Å²) in [4.78, 5) is 5.08. The van der Waals surface area contributed by atoms with Crippen LogP contribution >= 0.6 is 0 Å². The van der Waals surface area contributed by atoms with Crippen LogP contribution in [0.15, 0.2) is 24.3 Å². The van der Waals surface area contributed by atoms with Gasteiger partial charge in [0.2, 0.25) is 0 Å². The molecule has 1 fully saturated rings. The van der Waals surface area contributed by atoms with Crippen molar-refractivity contribution in [1.82, 2.24) is 9.80 Å². The van der Waals surface area contributed by atoms with E-state index in [2.05, 4.69) is 48.0 Å². The maximum atomic E-state index is 2.62. The third kappa shape index (κ3) is 5.33. The SMILES string of the molecule is Cc1ccc(CCN(C)CCN2CCCCC2)cc1. The van der Waals surface area contributed by atoms with Crippen LogP contribution in [0.25, 0.3) is 0 Å². The van der Waals surface area contributed by atoms with Gasteiger partial charge < -0.3 is 9.80 Å². The highest BCUT2D eigenvalue weighted by molar-refractivity contribution is 5.21. The number of likely N-dealkylation sites (tertiary alicyclic amines) is 1. The Balaban J connectivity index is 1.63. The molecule has 1 aromatic carbocycles. The van der Waals surface area contributed by atoms with Crippen molar-refractivity contribution < 1.29 is 0 Å². The van der Waals surface area contributed by atoms with E-state index in [1.165, 1.54) is 56.6 Å². The molecule has 0 aliphatic carbocycles.